The van der Waals surface area contributed by atoms with E-state index in [9.17, 15) is 24.5 Å². The Kier molecular flexibility index (Phi) is 7.02. The van der Waals surface area contributed by atoms with Crippen LogP contribution in [-0.2, 0) is 11.3 Å². The second-order valence-corrected chi connectivity index (χ2v) is 9.20. The summed E-state index contributed by atoms with van der Waals surface area (Å²) < 4.78 is 11.1. The molecule has 0 fully saturated rings. The number of imide groups is 1. The maximum absolute atomic E-state index is 13.0. The minimum absolute atomic E-state index is 0.0530. The van der Waals surface area contributed by atoms with Crippen LogP contribution in [0.25, 0.3) is 0 Å². The fourth-order valence-corrected chi connectivity index (χ4v) is 4.22. The van der Waals surface area contributed by atoms with Gasteiger partial charge in [0.1, 0.15) is 18.1 Å². The first-order valence-electron chi connectivity index (χ1n) is 11.4. The number of rotatable bonds is 7. The van der Waals surface area contributed by atoms with Crippen LogP contribution in [0.3, 0.4) is 0 Å². The van der Waals surface area contributed by atoms with E-state index in [4.69, 9.17) is 32.7 Å². The van der Waals surface area contributed by atoms with Crippen molar-refractivity contribution in [1.82, 2.24) is 0 Å². The minimum Gasteiger partial charge on any atom is -0.457 e. The zero-order chi connectivity index (χ0) is 27.7. The lowest BCUT2D eigenvalue weighted by atomic mass is 10.1. The van der Waals surface area contributed by atoms with Gasteiger partial charge in [0, 0.05) is 12.1 Å². The van der Waals surface area contributed by atoms with Crippen molar-refractivity contribution < 1.29 is 28.8 Å². The van der Waals surface area contributed by atoms with Crippen molar-refractivity contribution in [2.45, 2.75) is 6.61 Å². The number of carbonyl (C=O) groups is 3. The molecule has 0 atom stereocenters. The van der Waals surface area contributed by atoms with E-state index in [2.05, 4.69) is 0 Å². The van der Waals surface area contributed by atoms with Gasteiger partial charge in [-0.25, -0.2) is 9.69 Å². The standard InChI is InChI=1S/C28H16Cl2N2O7/c29-24-11-7-19(14-25(24)30)31-26(33)22-10-4-17(13-23(22)27(31)34)28(35)38-15-16-2-1-3-21(12-16)39-20-8-5-18(6-9-20)32(36)37/h1-14H,15H2. The van der Waals surface area contributed by atoms with Crippen molar-refractivity contribution in [1.29, 1.82) is 0 Å². The molecule has 11 heteroatoms. The first-order chi connectivity index (χ1) is 18.7. The molecule has 0 radical (unpaired) electrons. The molecule has 0 unspecified atom stereocenters. The summed E-state index contributed by atoms with van der Waals surface area (Å²) in [6.07, 6.45) is 0. The summed E-state index contributed by atoms with van der Waals surface area (Å²) in [4.78, 5) is 49.9. The molecule has 2 amide bonds. The van der Waals surface area contributed by atoms with Gasteiger partial charge in [-0.2, -0.15) is 0 Å². The summed E-state index contributed by atoms with van der Waals surface area (Å²) in [6.45, 7) is -0.0876. The van der Waals surface area contributed by atoms with Crippen LogP contribution in [0, 0.1) is 10.1 Å². The number of halogens is 2. The number of fused-ring (bicyclic) bond motifs is 1. The number of anilines is 1. The number of nitrogens with zero attached hydrogens (tertiary/aromatic N) is 2. The van der Waals surface area contributed by atoms with Crippen molar-refractivity contribution in [3.63, 3.8) is 0 Å². The highest BCUT2D eigenvalue weighted by Crippen LogP contribution is 2.33. The molecule has 0 bridgehead atoms. The highest BCUT2D eigenvalue weighted by molar-refractivity contribution is 6.42. The number of nitro benzene ring substituents is 1. The van der Waals surface area contributed by atoms with Crippen molar-refractivity contribution >= 4 is 52.4 Å². The van der Waals surface area contributed by atoms with Crippen LogP contribution in [0.1, 0.15) is 36.6 Å². The van der Waals surface area contributed by atoms with Crippen molar-refractivity contribution in [3.8, 4) is 11.5 Å². The van der Waals surface area contributed by atoms with Gasteiger partial charge in [-0.3, -0.25) is 19.7 Å². The zero-order valence-electron chi connectivity index (χ0n) is 19.8. The number of hydrogen-bond donors (Lipinski definition) is 0. The lowest BCUT2D eigenvalue weighted by Crippen LogP contribution is -2.29. The smallest absolute Gasteiger partial charge is 0.338 e. The normalized spacial score (nSPS) is 12.3. The van der Waals surface area contributed by atoms with Gasteiger partial charge < -0.3 is 9.47 Å². The maximum Gasteiger partial charge on any atom is 0.338 e. The van der Waals surface area contributed by atoms with Crippen molar-refractivity contribution in [2.75, 3.05) is 4.90 Å². The monoisotopic (exact) mass is 562 g/mol. The molecule has 0 aliphatic carbocycles. The molecule has 0 saturated carbocycles. The second-order valence-electron chi connectivity index (χ2n) is 8.38. The molecule has 5 rings (SSSR count). The lowest BCUT2D eigenvalue weighted by Gasteiger charge is -2.14. The summed E-state index contributed by atoms with van der Waals surface area (Å²) in [5, 5.41) is 11.3. The number of non-ortho nitro benzene ring substituents is 1. The van der Waals surface area contributed by atoms with Gasteiger partial charge in [0.2, 0.25) is 0 Å². The number of hydrogen-bond acceptors (Lipinski definition) is 7. The molecular weight excluding hydrogens is 547 g/mol. The van der Waals surface area contributed by atoms with Gasteiger partial charge in [-0.15, -0.1) is 0 Å². The molecule has 0 aromatic heterocycles. The van der Waals surface area contributed by atoms with Gasteiger partial charge >= 0.3 is 5.97 Å². The molecule has 0 spiro atoms. The Labute approximate surface area is 231 Å². The number of nitro groups is 1. The highest BCUT2D eigenvalue weighted by Gasteiger charge is 2.37. The topological polar surface area (TPSA) is 116 Å². The average Bonchev–Trinajstić information content (AvgIpc) is 3.18. The Balaban J connectivity index is 1.26. The summed E-state index contributed by atoms with van der Waals surface area (Å²) >= 11 is 12.0. The van der Waals surface area contributed by atoms with Crippen LogP contribution in [0.15, 0.2) is 84.9 Å². The van der Waals surface area contributed by atoms with Crippen molar-refractivity contribution in [2.24, 2.45) is 0 Å². The third-order valence-corrected chi connectivity index (χ3v) is 6.57. The summed E-state index contributed by atoms with van der Waals surface area (Å²) in [5.41, 5.74) is 1.15. The fraction of sp³-hybridized carbons (Fsp3) is 0.0357. The fourth-order valence-electron chi connectivity index (χ4n) is 3.93. The second kappa shape index (κ2) is 10.6. The minimum atomic E-state index is -0.687. The van der Waals surface area contributed by atoms with Gasteiger partial charge in [-0.1, -0.05) is 35.3 Å². The Hall–Kier alpha value is -4.73. The van der Waals surface area contributed by atoms with E-state index in [1.807, 2.05) is 0 Å². The van der Waals surface area contributed by atoms with Crippen LogP contribution in [-0.4, -0.2) is 22.7 Å². The number of esters is 1. The molecule has 0 saturated heterocycles. The number of benzene rings is 4. The Morgan fingerprint density at radius 3 is 2.28 bits per heavy atom. The average molecular weight is 563 g/mol. The lowest BCUT2D eigenvalue weighted by molar-refractivity contribution is -0.384. The molecule has 9 nitrogen and oxygen atoms in total. The molecule has 1 heterocycles. The zero-order valence-corrected chi connectivity index (χ0v) is 21.3. The highest BCUT2D eigenvalue weighted by atomic mass is 35.5. The van der Waals surface area contributed by atoms with Crippen LogP contribution < -0.4 is 9.64 Å². The molecule has 4 aromatic carbocycles. The summed E-state index contributed by atoms with van der Waals surface area (Å²) in [5.74, 6) is -0.978. The van der Waals surface area contributed by atoms with Gasteiger partial charge in [0.15, 0.2) is 0 Å². The predicted molar refractivity (Wildman–Crippen MR) is 143 cm³/mol. The first-order valence-corrected chi connectivity index (χ1v) is 12.1. The quantitative estimate of drug-likeness (QED) is 0.104. The van der Waals surface area contributed by atoms with E-state index >= 15 is 0 Å². The van der Waals surface area contributed by atoms with Crippen molar-refractivity contribution in [3.05, 3.63) is 127 Å². The van der Waals surface area contributed by atoms with Crippen LogP contribution in [0.5, 0.6) is 11.5 Å². The molecule has 1 aliphatic rings. The van der Waals surface area contributed by atoms with E-state index in [0.29, 0.717) is 17.1 Å². The first kappa shape index (κ1) is 25.9. The summed E-state index contributed by atoms with van der Waals surface area (Å²) in [6, 6.07) is 21.0. The van der Waals surface area contributed by atoms with Crippen LogP contribution in [0.2, 0.25) is 10.0 Å². The van der Waals surface area contributed by atoms with Gasteiger partial charge in [-0.05, 0) is 66.2 Å². The summed E-state index contributed by atoms with van der Waals surface area (Å²) in [7, 11) is 0. The number of ether oxygens (including phenoxy) is 2. The van der Waals surface area contributed by atoms with E-state index in [0.717, 1.165) is 4.90 Å². The van der Waals surface area contributed by atoms with Crippen LogP contribution in [0.4, 0.5) is 11.4 Å². The molecule has 39 heavy (non-hydrogen) atoms. The number of carbonyl (C=O) groups excluding carboxylic acids is 3. The Bertz CT molecular complexity index is 1650. The largest absolute Gasteiger partial charge is 0.457 e. The van der Waals surface area contributed by atoms with E-state index < -0.39 is 22.7 Å². The molecule has 194 valence electrons. The molecular formula is C28H16Cl2N2O7. The van der Waals surface area contributed by atoms with Gasteiger partial charge in [0.05, 0.1) is 37.3 Å². The number of amides is 2. The van der Waals surface area contributed by atoms with E-state index in [1.54, 1.807) is 24.3 Å². The third kappa shape index (κ3) is 5.31. The van der Waals surface area contributed by atoms with Crippen LogP contribution >= 0.6 is 23.2 Å². The molecule has 0 N–H and O–H groups in total. The van der Waals surface area contributed by atoms with Gasteiger partial charge in [0.25, 0.3) is 17.5 Å². The SMILES string of the molecule is O=C(OCc1cccc(Oc2ccc([N+](=O)[O-])cc2)c1)c1ccc2c(c1)C(=O)N(c1ccc(Cl)c(Cl)c1)C2=O. The molecule has 1 aliphatic heterocycles. The Morgan fingerprint density at radius 1 is 0.821 bits per heavy atom. The predicted octanol–water partition coefficient (Wildman–Crippen LogP) is 6.85. The maximum atomic E-state index is 13.0. The third-order valence-electron chi connectivity index (χ3n) is 5.84. The van der Waals surface area contributed by atoms with E-state index in [-0.39, 0.29) is 44.7 Å². The van der Waals surface area contributed by atoms with E-state index in [1.165, 1.54) is 60.7 Å². The Morgan fingerprint density at radius 2 is 1.56 bits per heavy atom. The molecule has 4 aromatic rings.